The van der Waals surface area contributed by atoms with Crippen LogP contribution >= 0.6 is 23.2 Å². The summed E-state index contributed by atoms with van der Waals surface area (Å²) in [5.74, 6) is -1.57. The third-order valence-electron chi connectivity index (χ3n) is 5.34. The highest BCUT2D eigenvalue weighted by atomic mass is 35.5. The van der Waals surface area contributed by atoms with Gasteiger partial charge in [-0.15, -0.1) is 0 Å². The number of carbonyl (C=O) groups is 2. The number of nitrogen functional groups attached to an aromatic ring is 1. The van der Waals surface area contributed by atoms with Crippen LogP contribution in [0.4, 0.5) is 5.82 Å². The summed E-state index contributed by atoms with van der Waals surface area (Å²) in [7, 11) is 1.63. The lowest BCUT2D eigenvalue weighted by molar-refractivity contribution is -0.138. The Morgan fingerprint density at radius 3 is 2.30 bits per heavy atom. The molecule has 0 bridgehead atoms. The van der Waals surface area contributed by atoms with Crippen molar-refractivity contribution in [3.63, 3.8) is 0 Å². The SMILES string of the molecule is CNC(C(N)=O)(C(C)C)[C@H](Cc1ccc(Cl)c(Cl)c1)C(=O)NCc1ccc(N)nc1. The van der Waals surface area contributed by atoms with Crippen LogP contribution in [0.1, 0.15) is 25.0 Å². The Balaban J connectivity index is 2.37. The Kier molecular flexibility index (Phi) is 8.06. The number of primary amides is 1. The van der Waals surface area contributed by atoms with E-state index in [0.717, 1.165) is 11.1 Å². The van der Waals surface area contributed by atoms with E-state index in [1.807, 2.05) is 13.8 Å². The van der Waals surface area contributed by atoms with E-state index in [1.54, 1.807) is 43.6 Å². The monoisotopic (exact) mass is 451 g/mol. The van der Waals surface area contributed by atoms with Gasteiger partial charge in [-0.05, 0) is 48.7 Å². The molecule has 0 aliphatic carbocycles. The molecular weight excluding hydrogens is 425 g/mol. The molecule has 162 valence electrons. The number of hydrogen-bond acceptors (Lipinski definition) is 5. The van der Waals surface area contributed by atoms with Gasteiger partial charge in [0.1, 0.15) is 11.4 Å². The third kappa shape index (κ3) is 5.22. The van der Waals surface area contributed by atoms with Crippen molar-refractivity contribution in [3.05, 3.63) is 57.7 Å². The normalized spacial score (nSPS) is 14.2. The van der Waals surface area contributed by atoms with Crippen molar-refractivity contribution >= 4 is 40.8 Å². The van der Waals surface area contributed by atoms with Crippen molar-refractivity contribution in [2.24, 2.45) is 17.6 Å². The first-order valence-electron chi connectivity index (χ1n) is 9.52. The van der Waals surface area contributed by atoms with Crippen molar-refractivity contribution in [1.29, 1.82) is 0 Å². The standard InChI is InChI=1S/C21H27Cl2N5O2/c1-12(2)21(26-3,20(25)30)15(8-13-4-6-16(22)17(23)9-13)19(29)28-11-14-5-7-18(24)27-10-14/h4-7,9-10,12,15,26H,8,11H2,1-3H3,(H2,24,27)(H2,25,30)(H,28,29)/t15-,21?/m1/s1. The van der Waals surface area contributed by atoms with Gasteiger partial charge in [-0.1, -0.05) is 49.2 Å². The molecule has 2 aromatic rings. The third-order valence-corrected chi connectivity index (χ3v) is 6.08. The molecule has 2 amide bonds. The fourth-order valence-electron chi connectivity index (χ4n) is 3.66. The highest BCUT2D eigenvalue weighted by molar-refractivity contribution is 6.42. The summed E-state index contributed by atoms with van der Waals surface area (Å²) >= 11 is 12.2. The molecule has 1 aromatic heterocycles. The van der Waals surface area contributed by atoms with E-state index >= 15 is 0 Å². The molecule has 0 aliphatic heterocycles. The number of carbonyl (C=O) groups excluding carboxylic acids is 2. The lowest BCUT2D eigenvalue weighted by Crippen LogP contribution is -2.66. The van der Waals surface area contributed by atoms with Crippen LogP contribution in [-0.4, -0.2) is 29.4 Å². The molecule has 0 aliphatic rings. The van der Waals surface area contributed by atoms with Gasteiger partial charge in [-0.2, -0.15) is 0 Å². The molecule has 0 saturated heterocycles. The zero-order chi connectivity index (χ0) is 22.5. The average molecular weight is 452 g/mol. The van der Waals surface area contributed by atoms with Crippen LogP contribution in [0.2, 0.25) is 10.0 Å². The smallest absolute Gasteiger partial charge is 0.238 e. The van der Waals surface area contributed by atoms with E-state index in [1.165, 1.54) is 0 Å². The fraction of sp³-hybridized carbons (Fsp3) is 0.381. The van der Waals surface area contributed by atoms with Crippen molar-refractivity contribution in [2.75, 3.05) is 12.8 Å². The van der Waals surface area contributed by atoms with Gasteiger partial charge in [0.15, 0.2) is 0 Å². The summed E-state index contributed by atoms with van der Waals surface area (Å²) in [5, 5.41) is 6.70. The molecule has 1 heterocycles. The minimum Gasteiger partial charge on any atom is -0.384 e. The molecule has 1 unspecified atom stereocenters. The van der Waals surface area contributed by atoms with Gasteiger partial charge in [0, 0.05) is 12.7 Å². The molecule has 2 rings (SSSR count). The van der Waals surface area contributed by atoms with Crippen LogP contribution in [0, 0.1) is 11.8 Å². The maximum atomic E-state index is 13.3. The van der Waals surface area contributed by atoms with E-state index in [0.29, 0.717) is 15.9 Å². The molecule has 7 nitrogen and oxygen atoms in total. The Morgan fingerprint density at radius 2 is 1.80 bits per heavy atom. The fourth-order valence-corrected chi connectivity index (χ4v) is 3.98. The Labute approximate surface area is 186 Å². The second-order valence-corrected chi connectivity index (χ2v) is 8.27. The largest absolute Gasteiger partial charge is 0.384 e. The highest BCUT2D eigenvalue weighted by Gasteiger charge is 2.49. The van der Waals surface area contributed by atoms with E-state index in [9.17, 15) is 9.59 Å². The Bertz CT molecular complexity index is 905. The maximum Gasteiger partial charge on any atom is 0.238 e. The molecule has 0 spiro atoms. The first-order chi connectivity index (χ1) is 14.1. The number of rotatable bonds is 9. The minimum atomic E-state index is -1.27. The second-order valence-electron chi connectivity index (χ2n) is 7.45. The minimum absolute atomic E-state index is 0.237. The van der Waals surface area contributed by atoms with Crippen LogP contribution < -0.4 is 22.1 Å². The second kappa shape index (κ2) is 10.1. The number of nitrogens with two attached hydrogens (primary N) is 2. The van der Waals surface area contributed by atoms with Gasteiger partial charge in [-0.25, -0.2) is 4.98 Å². The number of benzene rings is 1. The van der Waals surface area contributed by atoms with Crippen LogP contribution in [0.25, 0.3) is 0 Å². The first kappa shape index (κ1) is 23.9. The van der Waals surface area contributed by atoms with Crippen LogP contribution in [-0.2, 0) is 22.6 Å². The number of hydrogen-bond donors (Lipinski definition) is 4. The van der Waals surface area contributed by atoms with Crippen molar-refractivity contribution in [1.82, 2.24) is 15.6 Å². The molecule has 6 N–H and O–H groups in total. The molecule has 1 aromatic carbocycles. The molecule has 30 heavy (non-hydrogen) atoms. The average Bonchev–Trinajstić information content (AvgIpc) is 2.69. The van der Waals surface area contributed by atoms with Gasteiger partial charge in [0.25, 0.3) is 0 Å². The maximum absolute atomic E-state index is 13.3. The van der Waals surface area contributed by atoms with Crippen LogP contribution in [0.3, 0.4) is 0 Å². The molecule has 0 saturated carbocycles. The summed E-state index contributed by atoms with van der Waals surface area (Å²) < 4.78 is 0. The van der Waals surface area contributed by atoms with E-state index < -0.39 is 17.4 Å². The number of amides is 2. The van der Waals surface area contributed by atoms with Gasteiger partial charge >= 0.3 is 0 Å². The van der Waals surface area contributed by atoms with Crippen LogP contribution in [0.15, 0.2) is 36.5 Å². The lowest BCUT2D eigenvalue weighted by atomic mass is 9.71. The Morgan fingerprint density at radius 1 is 1.13 bits per heavy atom. The zero-order valence-electron chi connectivity index (χ0n) is 17.2. The molecule has 2 atom stereocenters. The highest BCUT2D eigenvalue weighted by Crippen LogP contribution is 2.31. The first-order valence-corrected chi connectivity index (χ1v) is 10.3. The summed E-state index contributed by atoms with van der Waals surface area (Å²) in [6.45, 7) is 3.93. The summed E-state index contributed by atoms with van der Waals surface area (Å²) in [6.07, 6.45) is 1.83. The summed E-state index contributed by atoms with van der Waals surface area (Å²) in [4.78, 5) is 29.9. The quantitative estimate of drug-likeness (QED) is 0.466. The van der Waals surface area contributed by atoms with Crippen LogP contribution in [0.5, 0.6) is 0 Å². The number of nitrogens with one attached hydrogen (secondary N) is 2. The topological polar surface area (TPSA) is 123 Å². The number of pyridine rings is 1. The predicted octanol–water partition coefficient (Wildman–Crippen LogP) is 2.55. The van der Waals surface area contributed by atoms with E-state index in [-0.39, 0.29) is 24.8 Å². The number of nitrogens with zero attached hydrogens (tertiary/aromatic N) is 1. The number of halogens is 2. The van der Waals surface area contributed by atoms with Gasteiger partial charge in [0.05, 0.1) is 16.0 Å². The number of aromatic nitrogens is 1. The Hall–Kier alpha value is -2.35. The molecule has 0 fully saturated rings. The zero-order valence-corrected chi connectivity index (χ0v) is 18.7. The van der Waals surface area contributed by atoms with Gasteiger partial charge < -0.3 is 22.1 Å². The molecule has 9 heteroatoms. The summed E-state index contributed by atoms with van der Waals surface area (Å²) in [5.41, 5.74) is 11.7. The van der Waals surface area contributed by atoms with Gasteiger partial charge in [-0.3, -0.25) is 9.59 Å². The lowest BCUT2D eigenvalue weighted by Gasteiger charge is -2.40. The summed E-state index contributed by atoms with van der Waals surface area (Å²) in [6, 6.07) is 8.56. The number of likely N-dealkylation sites (N-methyl/N-ethyl adjacent to an activating group) is 1. The van der Waals surface area contributed by atoms with E-state index in [2.05, 4.69) is 15.6 Å². The van der Waals surface area contributed by atoms with E-state index in [4.69, 9.17) is 34.7 Å². The van der Waals surface area contributed by atoms with Crippen molar-refractivity contribution in [2.45, 2.75) is 32.4 Å². The van der Waals surface area contributed by atoms with Crippen molar-refractivity contribution < 1.29 is 9.59 Å². The number of anilines is 1. The van der Waals surface area contributed by atoms with Gasteiger partial charge in [0.2, 0.25) is 11.8 Å². The molecule has 0 radical (unpaired) electrons. The molecular formula is C21H27Cl2N5O2. The predicted molar refractivity (Wildman–Crippen MR) is 120 cm³/mol. The van der Waals surface area contributed by atoms with Crippen molar-refractivity contribution in [3.8, 4) is 0 Å².